The molecule has 0 atom stereocenters. The van der Waals surface area contributed by atoms with Gasteiger partial charge >= 0.3 is 0 Å². The monoisotopic (exact) mass is 428 g/mol. The summed E-state index contributed by atoms with van der Waals surface area (Å²) in [6, 6.07) is 28.7. The Bertz CT molecular complexity index is 753. The molecule has 0 bridgehead atoms. The van der Waals surface area contributed by atoms with E-state index in [9.17, 15) is 0 Å². The summed E-state index contributed by atoms with van der Waals surface area (Å²) in [6.07, 6.45) is 11.2. The molecule has 1 heteroatoms. The van der Waals surface area contributed by atoms with Gasteiger partial charge in [-0.3, -0.25) is 0 Å². The lowest BCUT2D eigenvalue weighted by Gasteiger charge is -2.19. The van der Waals surface area contributed by atoms with E-state index in [2.05, 4.69) is 93.6 Å². The summed E-state index contributed by atoms with van der Waals surface area (Å²) >= 11 is 0. The first-order valence-electron chi connectivity index (χ1n) is 12.5. The van der Waals surface area contributed by atoms with Crippen LogP contribution in [0.15, 0.2) is 72.8 Å². The fourth-order valence-electron chi connectivity index (χ4n) is 4.35. The summed E-state index contributed by atoms with van der Waals surface area (Å²) in [6.45, 7) is 6.81. The molecule has 0 heterocycles. The van der Waals surface area contributed by atoms with Crippen molar-refractivity contribution in [2.75, 3.05) is 0 Å². The van der Waals surface area contributed by atoms with Gasteiger partial charge in [0.05, 0.1) is 0 Å². The number of unbranched alkanes of at least 4 members (excludes halogenated alkanes) is 3. The molecule has 0 aliphatic carbocycles. The first-order chi connectivity index (χ1) is 15.2. The van der Waals surface area contributed by atoms with E-state index >= 15 is 0 Å². The summed E-state index contributed by atoms with van der Waals surface area (Å²) in [5.41, 5.74) is 4.43. The molecule has 0 saturated carbocycles. The van der Waals surface area contributed by atoms with Crippen LogP contribution in [0.2, 0.25) is 0 Å². The topological polar surface area (TPSA) is 0 Å². The van der Waals surface area contributed by atoms with Crippen LogP contribution in [0.25, 0.3) is 0 Å². The van der Waals surface area contributed by atoms with Gasteiger partial charge in [0, 0.05) is 0 Å². The molecule has 0 N–H and O–H groups in total. The van der Waals surface area contributed by atoms with Crippen molar-refractivity contribution < 1.29 is 0 Å². The first kappa shape index (κ1) is 23.5. The van der Waals surface area contributed by atoms with Crippen molar-refractivity contribution in [3.8, 4) is 0 Å². The van der Waals surface area contributed by atoms with Crippen LogP contribution in [0.1, 0.15) is 76.0 Å². The van der Waals surface area contributed by atoms with Crippen LogP contribution in [0, 0.1) is 0 Å². The maximum Gasteiger partial charge on any atom is 0.132 e. The fraction of sp³-hybridized carbons (Fsp3) is 0.400. The lowest BCUT2D eigenvalue weighted by Crippen LogP contribution is -2.52. The number of rotatable bonds is 12. The molecule has 0 aliphatic heterocycles. The van der Waals surface area contributed by atoms with E-state index in [0.29, 0.717) is 0 Å². The van der Waals surface area contributed by atoms with Crippen LogP contribution in [0.5, 0.6) is 0 Å². The SMILES string of the molecule is CCCCc1ccc([SiH](c2ccc(CCCC)cc2)c2ccc(CCCC)cc2)cc1. The van der Waals surface area contributed by atoms with Crippen LogP contribution in [-0.4, -0.2) is 8.80 Å². The molecule has 0 amide bonds. The number of benzene rings is 3. The normalized spacial score (nSPS) is 11.2. The third-order valence-corrected chi connectivity index (χ3v) is 9.55. The van der Waals surface area contributed by atoms with Gasteiger partial charge in [0.1, 0.15) is 8.80 Å². The molecule has 0 radical (unpaired) electrons. The molecule has 0 saturated heterocycles. The lowest BCUT2D eigenvalue weighted by atomic mass is 10.1. The molecule has 0 aromatic heterocycles. The highest BCUT2D eigenvalue weighted by Crippen LogP contribution is 2.08. The number of hydrogen-bond acceptors (Lipinski definition) is 0. The van der Waals surface area contributed by atoms with Crippen LogP contribution >= 0.6 is 0 Å². The summed E-state index contributed by atoms with van der Waals surface area (Å²) in [7, 11) is -1.45. The van der Waals surface area contributed by atoms with Crippen molar-refractivity contribution in [2.45, 2.75) is 78.6 Å². The second-order valence-corrected chi connectivity index (χ2v) is 11.8. The first-order valence-corrected chi connectivity index (χ1v) is 14.2. The molecule has 0 fully saturated rings. The van der Waals surface area contributed by atoms with Gasteiger partial charge in [-0.15, -0.1) is 0 Å². The standard InChI is InChI=1S/C30H40Si/c1-4-7-10-25-13-19-28(20-14-25)31(29-21-15-26(16-22-29)11-8-5-2)30-23-17-27(18-24-30)12-9-6-3/h13-24,31H,4-12H2,1-3H3. The molecular weight excluding hydrogens is 388 g/mol. The van der Waals surface area contributed by atoms with E-state index in [1.807, 2.05) is 0 Å². The van der Waals surface area contributed by atoms with Gasteiger partial charge in [0.15, 0.2) is 0 Å². The van der Waals surface area contributed by atoms with Crippen LogP contribution in [0.4, 0.5) is 0 Å². The van der Waals surface area contributed by atoms with Gasteiger partial charge in [-0.1, -0.05) is 128 Å². The molecule has 31 heavy (non-hydrogen) atoms. The Morgan fingerprint density at radius 2 is 0.677 bits per heavy atom. The van der Waals surface area contributed by atoms with Crippen molar-refractivity contribution in [2.24, 2.45) is 0 Å². The zero-order chi connectivity index (χ0) is 21.9. The molecule has 3 rings (SSSR count). The highest BCUT2D eigenvalue weighted by molar-refractivity contribution is 6.95. The minimum absolute atomic E-state index is 1.20. The smallest absolute Gasteiger partial charge is 0.0654 e. The molecule has 164 valence electrons. The number of aryl methyl sites for hydroxylation is 3. The maximum atomic E-state index is 2.41. The van der Waals surface area contributed by atoms with Gasteiger partial charge in [-0.25, -0.2) is 0 Å². The summed E-state index contributed by atoms with van der Waals surface area (Å²) < 4.78 is 0. The third kappa shape index (κ3) is 6.94. The Hall–Kier alpha value is -2.12. The Morgan fingerprint density at radius 1 is 0.419 bits per heavy atom. The Kier molecular flexibility index (Phi) is 9.62. The molecule has 0 unspecified atom stereocenters. The predicted molar refractivity (Wildman–Crippen MR) is 141 cm³/mol. The van der Waals surface area contributed by atoms with Gasteiger partial charge in [-0.05, 0) is 55.2 Å². The largest absolute Gasteiger partial charge is 0.132 e. The summed E-state index contributed by atoms with van der Waals surface area (Å²) in [5, 5.41) is 4.59. The van der Waals surface area contributed by atoms with Crippen molar-refractivity contribution in [3.05, 3.63) is 89.5 Å². The van der Waals surface area contributed by atoms with Crippen LogP contribution in [-0.2, 0) is 19.3 Å². The van der Waals surface area contributed by atoms with E-state index in [1.54, 1.807) is 0 Å². The average molecular weight is 429 g/mol. The Morgan fingerprint density at radius 3 is 0.903 bits per heavy atom. The zero-order valence-corrected chi connectivity index (χ0v) is 21.0. The molecule has 3 aromatic rings. The van der Waals surface area contributed by atoms with Gasteiger partial charge in [0.25, 0.3) is 0 Å². The second-order valence-electron chi connectivity index (χ2n) is 8.97. The number of hydrogen-bond donors (Lipinski definition) is 0. The molecular formula is C30H40Si. The van der Waals surface area contributed by atoms with E-state index in [0.717, 1.165) is 0 Å². The van der Waals surface area contributed by atoms with Crippen molar-refractivity contribution in [1.29, 1.82) is 0 Å². The van der Waals surface area contributed by atoms with E-state index in [4.69, 9.17) is 0 Å². The van der Waals surface area contributed by atoms with Crippen LogP contribution < -0.4 is 15.6 Å². The van der Waals surface area contributed by atoms with E-state index in [1.165, 1.54) is 90.0 Å². The van der Waals surface area contributed by atoms with Crippen molar-refractivity contribution in [3.63, 3.8) is 0 Å². The Labute approximate surface area is 192 Å². The highest BCUT2D eigenvalue weighted by atomic mass is 28.3. The average Bonchev–Trinajstić information content (AvgIpc) is 2.82. The Balaban J connectivity index is 1.90. The molecule has 0 aliphatic rings. The van der Waals surface area contributed by atoms with E-state index < -0.39 is 8.80 Å². The predicted octanol–water partition coefficient (Wildman–Crippen LogP) is 5.96. The lowest BCUT2D eigenvalue weighted by molar-refractivity contribution is 0.795. The minimum Gasteiger partial charge on any atom is -0.0654 e. The summed E-state index contributed by atoms with van der Waals surface area (Å²) in [5.74, 6) is 0. The van der Waals surface area contributed by atoms with Crippen LogP contribution in [0.3, 0.4) is 0 Å². The fourth-order valence-corrected chi connectivity index (χ4v) is 7.24. The third-order valence-electron chi connectivity index (χ3n) is 6.40. The highest BCUT2D eigenvalue weighted by Gasteiger charge is 2.19. The maximum absolute atomic E-state index is 2.41. The molecule has 3 aromatic carbocycles. The van der Waals surface area contributed by atoms with Crippen molar-refractivity contribution >= 4 is 24.4 Å². The zero-order valence-electron chi connectivity index (χ0n) is 19.9. The van der Waals surface area contributed by atoms with E-state index in [-0.39, 0.29) is 0 Å². The quantitative estimate of drug-likeness (QED) is 0.246. The van der Waals surface area contributed by atoms with Crippen molar-refractivity contribution in [1.82, 2.24) is 0 Å². The molecule has 0 spiro atoms. The molecule has 0 nitrogen and oxygen atoms in total. The van der Waals surface area contributed by atoms with Gasteiger partial charge < -0.3 is 0 Å². The van der Waals surface area contributed by atoms with Gasteiger partial charge in [0.2, 0.25) is 0 Å². The second kappa shape index (κ2) is 12.7. The summed E-state index contributed by atoms with van der Waals surface area (Å²) in [4.78, 5) is 0. The van der Waals surface area contributed by atoms with Gasteiger partial charge in [-0.2, -0.15) is 0 Å². The minimum atomic E-state index is -1.45.